The Morgan fingerprint density at radius 1 is 1.17 bits per heavy atom. The van der Waals surface area contributed by atoms with Gasteiger partial charge < -0.3 is 39.2 Å². The van der Waals surface area contributed by atoms with Crippen molar-refractivity contribution in [2.75, 3.05) is 11.9 Å². The van der Waals surface area contributed by atoms with Crippen molar-refractivity contribution in [2.24, 2.45) is 0 Å². The summed E-state index contributed by atoms with van der Waals surface area (Å²) in [6.07, 6.45) is 2.26. The van der Waals surface area contributed by atoms with Crippen molar-refractivity contribution < 1.29 is 33.9 Å². The van der Waals surface area contributed by atoms with Gasteiger partial charge in [-0.05, 0) is 43.2 Å². The number of hydrogen-bond acceptors (Lipinski definition) is 9. The van der Waals surface area contributed by atoms with Crippen LogP contribution in [0.2, 0.25) is 0 Å². The molecule has 2 unspecified atom stereocenters. The summed E-state index contributed by atoms with van der Waals surface area (Å²) in [4.78, 5) is 32.2. The summed E-state index contributed by atoms with van der Waals surface area (Å²) in [6.45, 7) is 2.68. The van der Waals surface area contributed by atoms with Crippen molar-refractivity contribution in [1.29, 1.82) is 0 Å². The minimum atomic E-state index is -5.07. The van der Waals surface area contributed by atoms with Crippen LogP contribution < -0.4 is 10.1 Å². The normalized spacial score (nSPS) is 13.8. The van der Waals surface area contributed by atoms with E-state index in [1.165, 1.54) is 24.3 Å². The van der Waals surface area contributed by atoms with E-state index in [1.807, 2.05) is 10.6 Å². The number of nitrogens with one attached hydrogen (secondary N) is 1. The highest BCUT2D eigenvalue weighted by Gasteiger charge is 2.46. The van der Waals surface area contributed by atoms with Crippen LogP contribution in [-0.2, 0) is 27.2 Å². The van der Waals surface area contributed by atoms with Crippen LogP contribution in [0.4, 0.5) is 11.5 Å². The number of fused-ring (bicyclic) bond motifs is 1. The van der Waals surface area contributed by atoms with Crippen molar-refractivity contribution in [3.05, 3.63) is 66.0 Å². The number of aromatic hydroxyl groups is 1. The molecule has 2 aromatic heterocycles. The molecule has 0 radical (unpaired) electrons. The SMILES string of the molecule is CCOc1nc(Nc2ccc(C(O)([PH2]=O)P(=O)(O)O)cc2)c2ncn(CCc3cccc(O)c3)c2n1. The zero-order valence-corrected chi connectivity index (χ0v) is 21.2. The van der Waals surface area contributed by atoms with E-state index in [0.717, 1.165) is 5.56 Å². The maximum absolute atomic E-state index is 11.7. The predicted molar refractivity (Wildman–Crippen MR) is 134 cm³/mol. The molecule has 0 fully saturated rings. The van der Waals surface area contributed by atoms with Crippen LogP contribution in [0.5, 0.6) is 11.8 Å². The average molecular weight is 533 g/mol. The summed E-state index contributed by atoms with van der Waals surface area (Å²) < 4.78 is 30.5. The Kier molecular flexibility index (Phi) is 7.44. The maximum Gasteiger partial charge on any atom is 0.368 e. The molecule has 14 heteroatoms. The molecule has 0 spiro atoms. The number of aryl methyl sites for hydroxylation is 2. The molecular formula is C22H25N5O7P2. The van der Waals surface area contributed by atoms with E-state index in [2.05, 4.69) is 20.3 Å². The number of aliphatic hydroxyl groups is 1. The summed E-state index contributed by atoms with van der Waals surface area (Å²) in [7, 11) is -7.28. The first-order valence-corrected chi connectivity index (χ1v) is 13.6. The Morgan fingerprint density at radius 2 is 1.92 bits per heavy atom. The molecule has 0 aliphatic carbocycles. The molecule has 190 valence electrons. The summed E-state index contributed by atoms with van der Waals surface area (Å²) in [6, 6.07) is 12.6. The minimum Gasteiger partial charge on any atom is -0.508 e. The highest BCUT2D eigenvalue weighted by atomic mass is 31.2. The second-order valence-corrected chi connectivity index (χ2v) is 11.2. The van der Waals surface area contributed by atoms with E-state index in [0.29, 0.717) is 42.2 Å². The Morgan fingerprint density at radius 3 is 2.56 bits per heavy atom. The van der Waals surface area contributed by atoms with Crippen molar-refractivity contribution in [2.45, 2.75) is 25.0 Å². The largest absolute Gasteiger partial charge is 0.508 e. The quantitative estimate of drug-likeness (QED) is 0.189. The van der Waals surface area contributed by atoms with E-state index >= 15 is 0 Å². The summed E-state index contributed by atoms with van der Waals surface area (Å²) in [5, 5.41) is 20.3. The molecule has 5 N–H and O–H groups in total. The van der Waals surface area contributed by atoms with Gasteiger partial charge in [0.05, 0.1) is 12.9 Å². The predicted octanol–water partition coefficient (Wildman–Crippen LogP) is 2.95. The van der Waals surface area contributed by atoms with Crippen molar-refractivity contribution in [3.63, 3.8) is 0 Å². The van der Waals surface area contributed by atoms with Gasteiger partial charge in [-0.15, -0.1) is 0 Å². The van der Waals surface area contributed by atoms with Crippen LogP contribution >= 0.6 is 16.1 Å². The molecule has 2 atom stereocenters. The zero-order valence-electron chi connectivity index (χ0n) is 19.1. The number of benzene rings is 2. The van der Waals surface area contributed by atoms with Crippen molar-refractivity contribution in [1.82, 2.24) is 19.5 Å². The van der Waals surface area contributed by atoms with E-state index in [1.54, 1.807) is 31.5 Å². The monoisotopic (exact) mass is 533 g/mol. The van der Waals surface area contributed by atoms with Gasteiger partial charge in [0, 0.05) is 17.8 Å². The molecule has 4 aromatic rings. The molecular weight excluding hydrogens is 508 g/mol. The Hall–Kier alpha value is -3.27. The Bertz CT molecular complexity index is 1440. The fourth-order valence-electron chi connectivity index (χ4n) is 3.57. The van der Waals surface area contributed by atoms with Crippen LogP contribution in [0.1, 0.15) is 18.1 Å². The molecule has 4 rings (SSSR count). The molecule has 0 saturated carbocycles. The molecule has 0 aliphatic rings. The fraction of sp³-hybridized carbons (Fsp3) is 0.227. The number of hydrogen-bond donors (Lipinski definition) is 5. The van der Waals surface area contributed by atoms with Gasteiger partial charge in [-0.25, -0.2) is 4.98 Å². The average Bonchev–Trinajstić information content (AvgIpc) is 3.25. The second-order valence-electron chi connectivity index (χ2n) is 7.91. The lowest BCUT2D eigenvalue weighted by Crippen LogP contribution is -2.18. The number of imidazole rings is 1. The number of anilines is 2. The second kappa shape index (κ2) is 10.4. The Balaban J connectivity index is 1.64. The first kappa shape index (κ1) is 25.8. The smallest absolute Gasteiger partial charge is 0.368 e. The van der Waals surface area contributed by atoms with Crippen LogP contribution in [0.15, 0.2) is 54.9 Å². The number of rotatable bonds is 10. The number of phenolic OH excluding ortho intramolecular Hbond substituents is 1. The van der Waals surface area contributed by atoms with Gasteiger partial charge in [0.2, 0.25) is 5.08 Å². The fourth-order valence-corrected chi connectivity index (χ4v) is 4.93. The summed E-state index contributed by atoms with van der Waals surface area (Å²) >= 11 is 0. The zero-order chi connectivity index (χ0) is 25.9. The molecule has 36 heavy (non-hydrogen) atoms. The third-order valence-corrected chi connectivity index (χ3v) is 8.58. The maximum atomic E-state index is 11.7. The van der Waals surface area contributed by atoms with E-state index in [9.17, 15) is 29.1 Å². The lowest BCUT2D eigenvalue weighted by atomic mass is 10.1. The number of ether oxygens (including phenoxy) is 1. The van der Waals surface area contributed by atoms with Crippen LogP contribution in [0, 0.1) is 0 Å². The van der Waals surface area contributed by atoms with Gasteiger partial charge in [-0.2, -0.15) is 9.97 Å². The topological polar surface area (TPSA) is 180 Å². The molecule has 12 nitrogen and oxygen atoms in total. The van der Waals surface area contributed by atoms with Gasteiger partial charge >= 0.3 is 13.6 Å². The van der Waals surface area contributed by atoms with E-state index in [-0.39, 0.29) is 17.3 Å². The highest BCUT2D eigenvalue weighted by Crippen LogP contribution is 2.61. The Labute approximate surface area is 207 Å². The highest BCUT2D eigenvalue weighted by molar-refractivity contribution is 7.62. The molecule has 0 aliphatic heterocycles. The minimum absolute atomic E-state index is 0.133. The lowest BCUT2D eigenvalue weighted by molar-refractivity contribution is 0.168. The third-order valence-electron chi connectivity index (χ3n) is 5.45. The van der Waals surface area contributed by atoms with Crippen molar-refractivity contribution in [3.8, 4) is 11.8 Å². The van der Waals surface area contributed by atoms with Gasteiger partial charge in [-0.3, -0.25) is 4.57 Å². The van der Waals surface area contributed by atoms with Crippen LogP contribution in [-0.4, -0.2) is 46.1 Å². The van der Waals surface area contributed by atoms with Crippen molar-refractivity contribution >= 4 is 38.7 Å². The van der Waals surface area contributed by atoms with Gasteiger partial charge in [0.1, 0.15) is 14.2 Å². The summed E-state index contributed by atoms with van der Waals surface area (Å²) in [5.74, 6) is 0.532. The first-order chi connectivity index (χ1) is 17.1. The molecule has 2 aromatic carbocycles. The number of aromatic nitrogens is 4. The number of phenols is 1. The van der Waals surface area contributed by atoms with Gasteiger partial charge in [0.25, 0.3) is 0 Å². The van der Waals surface area contributed by atoms with Crippen LogP contribution in [0.3, 0.4) is 0 Å². The first-order valence-electron chi connectivity index (χ1n) is 10.9. The molecule has 0 amide bonds. The van der Waals surface area contributed by atoms with Crippen LogP contribution in [0.25, 0.3) is 11.2 Å². The van der Waals surface area contributed by atoms with E-state index in [4.69, 9.17) is 4.74 Å². The third kappa shape index (κ3) is 5.28. The molecule has 2 heterocycles. The molecule has 0 saturated heterocycles. The standard InChI is InChI=1S/C22H25N5O7P2/c1-2-34-21-25-19(24-16-8-6-15(7-9-16)22(29,35-30)36(31,32)33)18-20(26-21)27(13-23-18)11-10-14-4-3-5-17(28)12-14/h3-9,12-13,28-29H,2,10-11,35H2,1H3,(H,24,25,26)(H2,31,32,33). The van der Waals surface area contributed by atoms with Gasteiger partial charge in [0.15, 0.2) is 17.0 Å². The summed E-state index contributed by atoms with van der Waals surface area (Å²) in [5.41, 5.74) is 2.26. The van der Waals surface area contributed by atoms with E-state index < -0.39 is 21.1 Å². The van der Waals surface area contributed by atoms with Gasteiger partial charge in [-0.1, -0.05) is 24.3 Å². The lowest BCUT2D eigenvalue weighted by Gasteiger charge is -2.23. The molecule has 0 bridgehead atoms. The number of nitrogens with zero attached hydrogens (tertiary/aromatic N) is 4.